The summed E-state index contributed by atoms with van der Waals surface area (Å²) in [7, 11) is 0. The number of hydrogen-bond donors (Lipinski definition) is 0. The normalized spacial score (nSPS) is 15.2. The molecule has 8 heteroatoms. The van der Waals surface area contributed by atoms with Crippen molar-refractivity contribution in [2.75, 3.05) is 6.61 Å². The number of pyridine rings is 1. The summed E-state index contributed by atoms with van der Waals surface area (Å²) in [5.41, 5.74) is 4.01. The van der Waals surface area contributed by atoms with Crippen LogP contribution in [0.5, 0.6) is 5.88 Å². The lowest BCUT2D eigenvalue weighted by atomic mass is 10.1. The van der Waals surface area contributed by atoms with Gasteiger partial charge in [-0.1, -0.05) is 48.0 Å². The minimum atomic E-state index is -0.444. The first-order valence-electron chi connectivity index (χ1n) is 12.9. The van der Waals surface area contributed by atoms with Crippen molar-refractivity contribution >= 4 is 22.6 Å². The lowest BCUT2D eigenvalue weighted by Gasteiger charge is -2.15. The first kappa shape index (κ1) is 25.5. The second-order valence-corrected chi connectivity index (χ2v) is 10.1. The third-order valence-corrected chi connectivity index (χ3v) is 7.19. The van der Waals surface area contributed by atoms with Gasteiger partial charge in [0.1, 0.15) is 24.1 Å². The SMILES string of the molecule is Fc1cc(Cl)ccc1COc1cccc(-c2ccc(Cc3nc4ccccc4n3C[C@H]3CCCO3)c(F)c2)n1. The Labute approximate surface area is 230 Å². The van der Waals surface area contributed by atoms with Crippen LogP contribution in [-0.2, 0) is 24.3 Å². The lowest BCUT2D eigenvalue weighted by Crippen LogP contribution is -2.17. The van der Waals surface area contributed by atoms with Crippen molar-refractivity contribution in [1.82, 2.24) is 14.5 Å². The number of aromatic nitrogens is 3. The molecule has 3 heterocycles. The number of imidazole rings is 1. The summed E-state index contributed by atoms with van der Waals surface area (Å²) < 4.78 is 43.2. The molecule has 1 aliphatic heterocycles. The van der Waals surface area contributed by atoms with Crippen LogP contribution in [0.15, 0.2) is 78.9 Å². The van der Waals surface area contributed by atoms with Crippen molar-refractivity contribution < 1.29 is 18.3 Å². The molecule has 1 aliphatic rings. The van der Waals surface area contributed by atoms with Crippen LogP contribution in [0.1, 0.15) is 29.8 Å². The van der Waals surface area contributed by atoms with E-state index in [1.54, 1.807) is 36.4 Å². The average Bonchev–Trinajstić information content (AvgIpc) is 3.58. The number of nitrogens with zero attached hydrogens (tertiary/aromatic N) is 3. The van der Waals surface area contributed by atoms with Gasteiger partial charge in [0.05, 0.1) is 29.4 Å². The smallest absolute Gasteiger partial charge is 0.214 e. The Morgan fingerprint density at radius 1 is 0.923 bits per heavy atom. The molecule has 0 saturated carbocycles. The van der Waals surface area contributed by atoms with Crippen molar-refractivity contribution in [3.8, 4) is 17.1 Å². The van der Waals surface area contributed by atoms with Gasteiger partial charge in [-0.15, -0.1) is 0 Å². The molecule has 5 nitrogen and oxygen atoms in total. The van der Waals surface area contributed by atoms with Crippen LogP contribution in [0.2, 0.25) is 5.02 Å². The van der Waals surface area contributed by atoms with E-state index in [0.717, 1.165) is 36.3 Å². The Kier molecular flexibility index (Phi) is 7.26. The fourth-order valence-corrected chi connectivity index (χ4v) is 5.08. The number of fused-ring (bicyclic) bond motifs is 1. The highest BCUT2D eigenvalue weighted by atomic mass is 35.5. The summed E-state index contributed by atoms with van der Waals surface area (Å²) in [4.78, 5) is 9.31. The monoisotopic (exact) mass is 545 g/mol. The van der Waals surface area contributed by atoms with E-state index in [1.165, 1.54) is 12.1 Å². The van der Waals surface area contributed by atoms with E-state index in [0.29, 0.717) is 46.3 Å². The molecule has 3 aromatic carbocycles. The summed E-state index contributed by atoms with van der Waals surface area (Å²) in [6.45, 7) is 1.48. The van der Waals surface area contributed by atoms with Gasteiger partial charge in [-0.3, -0.25) is 0 Å². The number of halogens is 3. The Balaban J connectivity index is 1.21. The predicted octanol–water partition coefficient (Wildman–Crippen LogP) is 7.38. The molecule has 0 unspecified atom stereocenters. The molecule has 0 amide bonds. The molecule has 0 radical (unpaired) electrons. The van der Waals surface area contributed by atoms with E-state index >= 15 is 4.39 Å². The van der Waals surface area contributed by atoms with Gasteiger partial charge in [0, 0.05) is 35.2 Å². The zero-order valence-corrected chi connectivity index (χ0v) is 21.9. The zero-order chi connectivity index (χ0) is 26.8. The molecular weight excluding hydrogens is 520 g/mol. The Morgan fingerprint density at radius 2 is 1.77 bits per heavy atom. The van der Waals surface area contributed by atoms with Gasteiger partial charge in [0.15, 0.2) is 0 Å². The van der Waals surface area contributed by atoms with E-state index in [9.17, 15) is 4.39 Å². The molecule has 1 atom stereocenters. The third kappa shape index (κ3) is 5.65. The summed E-state index contributed by atoms with van der Waals surface area (Å²) in [5, 5.41) is 0.321. The van der Waals surface area contributed by atoms with E-state index in [1.807, 2.05) is 30.3 Å². The number of rotatable bonds is 8. The molecule has 0 aliphatic carbocycles. The number of benzene rings is 3. The predicted molar refractivity (Wildman–Crippen MR) is 147 cm³/mol. The molecule has 0 spiro atoms. The maximum atomic E-state index is 15.4. The van der Waals surface area contributed by atoms with Crippen LogP contribution in [0.4, 0.5) is 8.78 Å². The molecule has 1 fully saturated rings. The van der Waals surface area contributed by atoms with Crippen molar-refractivity contribution in [3.63, 3.8) is 0 Å². The van der Waals surface area contributed by atoms with Crippen LogP contribution >= 0.6 is 11.6 Å². The van der Waals surface area contributed by atoms with Gasteiger partial charge < -0.3 is 14.0 Å². The maximum absolute atomic E-state index is 15.4. The van der Waals surface area contributed by atoms with Crippen molar-refractivity contribution in [2.24, 2.45) is 0 Å². The minimum Gasteiger partial charge on any atom is -0.473 e. The summed E-state index contributed by atoms with van der Waals surface area (Å²) in [6, 6.07) is 22.7. The lowest BCUT2D eigenvalue weighted by molar-refractivity contribution is 0.0973. The van der Waals surface area contributed by atoms with Crippen LogP contribution < -0.4 is 4.74 Å². The van der Waals surface area contributed by atoms with Crippen LogP contribution in [0.25, 0.3) is 22.3 Å². The first-order valence-corrected chi connectivity index (χ1v) is 13.3. The molecule has 1 saturated heterocycles. The Morgan fingerprint density at radius 3 is 2.59 bits per heavy atom. The molecular formula is C31H26ClF2N3O2. The summed E-state index contributed by atoms with van der Waals surface area (Å²) in [6.07, 6.45) is 2.57. The van der Waals surface area contributed by atoms with Crippen LogP contribution in [0.3, 0.4) is 0 Å². The second-order valence-electron chi connectivity index (χ2n) is 9.63. The van der Waals surface area contributed by atoms with E-state index < -0.39 is 5.82 Å². The topological polar surface area (TPSA) is 49.2 Å². The van der Waals surface area contributed by atoms with Crippen molar-refractivity contribution in [1.29, 1.82) is 0 Å². The largest absolute Gasteiger partial charge is 0.473 e. The number of hydrogen-bond acceptors (Lipinski definition) is 4. The van der Waals surface area contributed by atoms with Crippen LogP contribution in [-0.4, -0.2) is 27.2 Å². The van der Waals surface area contributed by atoms with Gasteiger partial charge in [0.25, 0.3) is 0 Å². The highest BCUT2D eigenvalue weighted by Crippen LogP contribution is 2.27. The van der Waals surface area contributed by atoms with Crippen molar-refractivity contribution in [3.05, 3.63) is 112 Å². The quantitative estimate of drug-likeness (QED) is 0.204. The summed E-state index contributed by atoms with van der Waals surface area (Å²) >= 11 is 5.82. The van der Waals surface area contributed by atoms with Gasteiger partial charge >= 0.3 is 0 Å². The molecule has 6 rings (SSSR count). The molecule has 5 aromatic rings. The van der Waals surface area contributed by atoms with E-state index in [-0.39, 0.29) is 18.5 Å². The molecule has 39 heavy (non-hydrogen) atoms. The van der Waals surface area contributed by atoms with Crippen LogP contribution in [0, 0.1) is 11.6 Å². The van der Waals surface area contributed by atoms with Gasteiger partial charge in [-0.05, 0) is 54.8 Å². The van der Waals surface area contributed by atoms with E-state index in [4.69, 9.17) is 26.1 Å². The van der Waals surface area contributed by atoms with Crippen molar-refractivity contribution in [2.45, 2.75) is 38.5 Å². The average molecular weight is 546 g/mol. The Hall–Kier alpha value is -3.81. The first-order chi connectivity index (χ1) is 19.0. The molecule has 198 valence electrons. The zero-order valence-electron chi connectivity index (χ0n) is 21.1. The number of ether oxygens (including phenoxy) is 2. The molecule has 0 bridgehead atoms. The molecule has 0 N–H and O–H groups in total. The van der Waals surface area contributed by atoms with Gasteiger partial charge in [0.2, 0.25) is 5.88 Å². The third-order valence-electron chi connectivity index (χ3n) is 6.96. The van der Waals surface area contributed by atoms with Gasteiger partial charge in [-0.2, -0.15) is 0 Å². The second kappa shape index (κ2) is 11.1. The van der Waals surface area contributed by atoms with E-state index in [2.05, 4.69) is 9.55 Å². The number of para-hydroxylation sites is 2. The Bertz CT molecular complexity index is 1630. The van der Waals surface area contributed by atoms with Gasteiger partial charge in [-0.25, -0.2) is 18.7 Å². The standard InChI is InChI=1S/C31H26ClF2N3O2/c32-23-13-12-22(26(34)17-23)19-39-31-9-3-7-27(36-31)21-11-10-20(25(33)15-21)16-30-35-28-6-1-2-8-29(28)37(30)18-24-5-4-14-38-24/h1-3,6-13,15,17,24H,4-5,14,16,18-19H2/t24-/m1/s1. The highest BCUT2D eigenvalue weighted by Gasteiger charge is 2.20. The fourth-order valence-electron chi connectivity index (χ4n) is 4.92. The molecule has 2 aromatic heterocycles. The minimum absolute atomic E-state index is 0.000345. The highest BCUT2D eigenvalue weighted by molar-refractivity contribution is 6.30. The maximum Gasteiger partial charge on any atom is 0.214 e. The fraction of sp³-hybridized carbons (Fsp3) is 0.226. The summed E-state index contributed by atoms with van der Waals surface area (Å²) in [5.74, 6) is 0.343.